The number of aromatic nitrogens is 4. The van der Waals surface area contributed by atoms with E-state index in [1.165, 1.54) is 6.07 Å². The first-order chi connectivity index (χ1) is 19.6. The van der Waals surface area contributed by atoms with Crippen molar-refractivity contribution in [2.75, 3.05) is 56.7 Å². The molecule has 3 aromatic rings. The molecule has 0 unspecified atom stereocenters. The lowest BCUT2D eigenvalue weighted by Gasteiger charge is -2.34. The van der Waals surface area contributed by atoms with Gasteiger partial charge in [0.05, 0.1) is 24.6 Å². The van der Waals surface area contributed by atoms with Crippen LogP contribution in [0.3, 0.4) is 0 Å². The number of hydrogen-bond acceptors (Lipinski definition) is 10. The highest BCUT2D eigenvalue weighted by molar-refractivity contribution is 5.95. The third-order valence-corrected chi connectivity index (χ3v) is 7.03. The predicted octanol–water partition coefficient (Wildman–Crippen LogP) is 1.89. The van der Waals surface area contributed by atoms with Crippen molar-refractivity contribution in [3.05, 3.63) is 46.8 Å². The van der Waals surface area contributed by atoms with Crippen LogP contribution in [0.1, 0.15) is 27.2 Å². The number of carbonyl (C=O) groups is 1. The van der Waals surface area contributed by atoms with Crippen molar-refractivity contribution >= 4 is 17.5 Å². The molecule has 1 aliphatic carbocycles. The highest BCUT2D eigenvalue weighted by Gasteiger charge is 2.33. The van der Waals surface area contributed by atoms with Crippen LogP contribution in [0.2, 0.25) is 0 Å². The van der Waals surface area contributed by atoms with E-state index in [0.717, 1.165) is 37.4 Å². The molecule has 0 bridgehead atoms. The minimum Gasteiger partial charge on any atom is -0.405 e. The summed E-state index contributed by atoms with van der Waals surface area (Å²) in [6, 6.07) is 4.67. The van der Waals surface area contributed by atoms with Gasteiger partial charge in [-0.25, -0.2) is 15.4 Å². The summed E-state index contributed by atoms with van der Waals surface area (Å²) in [7, 11) is 3.72. The molecule has 1 aromatic carbocycles. The monoisotopic (exact) mass is 576 g/mol. The van der Waals surface area contributed by atoms with E-state index in [4.69, 9.17) is 9.94 Å². The van der Waals surface area contributed by atoms with E-state index in [1.54, 1.807) is 30.1 Å². The van der Waals surface area contributed by atoms with Gasteiger partial charge in [0.1, 0.15) is 5.75 Å². The molecule has 2 aromatic heterocycles. The van der Waals surface area contributed by atoms with Crippen LogP contribution in [-0.4, -0.2) is 88.5 Å². The maximum Gasteiger partial charge on any atom is 0.573 e. The van der Waals surface area contributed by atoms with Gasteiger partial charge < -0.3 is 25.0 Å². The highest BCUT2D eigenvalue weighted by atomic mass is 19.4. The summed E-state index contributed by atoms with van der Waals surface area (Å²) in [5.74, 6) is -0.629. The average Bonchev–Trinajstić information content (AvgIpc) is 3.29. The average molecular weight is 577 g/mol. The number of nitrogens with zero attached hydrogens (tertiary/aromatic N) is 6. The van der Waals surface area contributed by atoms with E-state index in [2.05, 4.69) is 40.4 Å². The number of halogens is 3. The zero-order chi connectivity index (χ0) is 29.1. The molecule has 41 heavy (non-hydrogen) atoms. The van der Waals surface area contributed by atoms with Gasteiger partial charge in [0.15, 0.2) is 5.69 Å². The maximum atomic E-state index is 13.2. The van der Waals surface area contributed by atoms with Crippen molar-refractivity contribution in [2.24, 2.45) is 7.05 Å². The number of amides is 1. The number of aliphatic hydroxyl groups excluding tert-OH is 1. The predicted molar refractivity (Wildman–Crippen MR) is 142 cm³/mol. The Kier molecular flexibility index (Phi) is 8.28. The Morgan fingerprint density at radius 3 is 2.66 bits per heavy atom. The van der Waals surface area contributed by atoms with Gasteiger partial charge in [-0.2, -0.15) is 5.10 Å². The summed E-state index contributed by atoms with van der Waals surface area (Å²) < 4.78 is 45.3. The molecule has 0 spiro atoms. The summed E-state index contributed by atoms with van der Waals surface area (Å²) in [6.07, 6.45) is -2.07. The third-order valence-electron chi connectivity index (χ3n) is 7.03. The van der Waals surface area contributed by atoms with Crippen molar-refractivity contribution < 1.29 is 32.6 Å². The Morgan fingerprint density at radius 1 is 1.15 bits per heavy atom. The van der Waals surface area contributed by atoms with Gasteiger partial charge in [-0.05, 0) is 43.7 Å². The van der Waals surface area contributed by atoms with Gasteiger partial charge in [-0.3, -0.25) is 14.3 Å². The highest BCUT2D eigenvalue weighted by Crippen LogP contribution is 2.35. The normalized spacial score (nSPS) is 15.3. The molecule has 1 amide bonds. The Balaban J connectivity index is 1.38. The zero-order valence-corrected chi connectivity index (χ0v) is 22.7. The van der Waals surface area contributed by atoms with Crippen LogP contribution >= 0.6 is 0 Å². The van der Waals surface area contributed by atoms with Gasteiger partial charge in [0.2, 0.25) is 5.95 Å². The molecule has 2 aliphatic rings. The zero-order valence-electron chi connectivity index (χ0n) is 22.7. The number of benzene rings is 1. The van der Waals surface area contributed by atoms with E-state index in [9.17, 15) is 18.0 Å². The molecule has 12 nitrogen and oxygen atoms in total. The number of aryl methyl sites for hydroxylation is 2. The van der Waals surface area contributed by atoms with Crippen LogP contribution in [0, 0.1) is 0 Å². The summed E-state index contributed by atoms with van der Waals surface area (Å²) in [6.45, 7) is 2.91. The second-order valence-electron chi connectivity index (χ2n) is 9.85. The minimum absolute atomic E-state index is 0.0140. The summed E-state index contributed by atoms with van der Waals surface area (Å²) in [5.41, 5.74) is 6.34. The number of nitrogens with one attached hydrogen (secondary N) is 2. The fourth-order valence-electron chi connectivity index (χ4n) is 5.00. The molecule has 0 saturated carbocycles. The van der Waals surface area contributed by atoms with Crippen LogP contribution < -0.4 is 20.4 Å². The Bertz CT molecular complexity index is 1410. The standard InChI is InChI=1S/C26H31F3N8O4/c1-35-7-9-37(10-8-35)18-4-6-20(41-26(27,28)29)17(13-18)15-31-25-30-14-16-3-5-19-22(24(39)34-40-12-11-38)33-36(2)23(19)21(16)32-25/h4,6,13-14,38H,3,5,7-12,15H2,1-2H3,(H,34,39)(H,30,31,32). The number of likely N-dealkylation sites (N-methyl/N-ethyl adjacent to an activating group) is 1. The van der Waals surface area contributed by atoms with E-state index >= 15 is 0 Å². The van der Waals surface area contributed by atoms with Crippen LogP contribution in [0.4, 0.5) is 24.8 Å². The topological polar surface area (TPSA) is 130 Å². The molecule has 15 heteroatoms. The van der Waals surface area contributed by atoms with Crippen molar-refractivity contribution in [3.63, 3.8) is 0 Å². The summed E-state index contributed by atoms with van der Waals surface area (Å²) in [4.78, 5) is 30.9. The van der Waals surface area contributed by atoms with Crippen LogP contribution in [0.15, 0.2) is 24.4 Å². The van der Waals surface area contributed by atoms with Gasteiger partial charge in [-0.1, -0.05) is 0 Å². The van der Waals surface area contributed by atoms with Gasteiger partial charge in [0, 0.05) is 62.8 Å². The Labute approximate surface area is 234 Å². The molecule has 3 N–H and O–H groups in total. The maximum absolute atomic E-state index is 13.2. The number of aliphatic hydroxyl groups is 1. The molecule has 220 valence electrons. The molecule has 0 atom stereocenters. The quantitative estimate of drug-likeness (QED) is 0.257. The SMILES string of the molecule is CN1CCN(c2ccc(OC(F)(F)F)c(CNc3ncc4c(n3)-c3c(c(C(=O)NOCCO)nn3C)CC4)c2)CC1. The van der Waals surface area contributed by atoms with Crippen molar-refractivity contribution in [1.29, 1.82) is 0 Å². The fourth-order valence-corrected chi connectivity index (χ4v) is 5.00. The molecule has 5 rings (SSSR count). The van der Waals surface area contributed by atoms with Crippen molar-refractivity contribution in [2.45, 2.75) is 25.7 Å². The number of rotatable bonds is 9. The fraction of sp³-hybridized carbons (Fsp3) is 0.462. The number of alkyl halides is 3. The molecular formula is C26H31F3N8O4. The van der Waals surface area contributed by atoms with Gasteiger partial charge in [0.25, 0.3) is 5.91 Å². The first kappa shape index (κ1) is 28.6. The van der Waals surface area contributed by atoms with Crippen LogP contribution in [-0.2, 0) is 31.3 Å². The summed E-state index contributed by atoms with van der Waals surface area (Å²) >= 11 is 0. The lowest BCUT2D eigenvalue weighted by atomic mass is 9.93. The summed E-state index contributed by atoms with van der Waals surface area (Å²) in [5, 5.41) is 16.3. The van der Waals surface area contributed by atoms with Crippen LogP contribution in [0.25, 0.3) is 11.4 Å². The number of carbonyl (C=O) groups excluding carboxylic acids is 1. The van der Waals surface area contributed by atoms with Gasteiger partial charge in [-0.15, -0.1) is 13.2 Å². The number of hydrogen-bond donors (Lipinski definition) is 3. The molecule has 1 aliphatic heterocycles. The number of piperazine rings is 1. The third kappa shape index (κ3) is 6.52. The molecule has 3 heterocycles. The lowest BCUT2D eigenvalue weighted by molar-refractivity contribution is -0.274. The number of hydroxylamine groups is 1. The largest absolute Gasteiger partial charge is 0.573 e. The first-order valence-corrected chi connectivity index (χ1v) is 13.1. The number of anilines is 2. The van der Waals surface area contributed by atoms with E-state index in [1.807, 2.05) is 7.05 Å². The van der Waals surface area contributed by atoms with Crippen molar-refractivity contribution in [1.82, 2.24) is 30.1 Å². The molecule has 1 fully saturated rings. The first-order valence-electron chi connectivity index (χ1n) is 13.1. The minimum atomic E-state index is -4.84. The van der Waals surface area contributed by atoms with E-state index < -0.39 is 12.3 Å². The second kappa shape index (κ2) is 11.9. The molecule has 0 radical (unpaired) electrons. The Morgan fingerprint density at radius 2 is 1.93 bits per heavy atom. The molecular weight excluding hydrogens is 545 g/mol. The number of ether oxygens (including phenoxy) is 1. The van der Waals surface area contributed by atoms with Gasteiger partial charge >= 0.3 is 6.36 Å². The van der Waals surface area contributed by atoms with E-state index in [0.29, 0.717) is 35.4 Å². The molecule has 1 saturated heterocycles. The van der Waals surface area contributed by atoms with Crippen LogP contribution in [0.5, 0.6) is 5.75 Å². The number of fused-ring (bicyclic) bond motifs is 3. The smallest absolute Gasteiger partial charge is 0.405 e. The second-order valence-corrected chi connectivity index (χ2v) is 9.85. The van der Waals surface area contributed by atoms with E-state index in [-0.39, 0.29) is 37.2 Å². The Hall–Kier alpha value is -3.95. The lowest BCUT2D eigenvalue weighted by Crippen LogP contribution is -2.44. The van der Waals surface area contributed by atoms with Crippen molar-refractivity contribution in [3.8, 4) is 17.1 Å².